The highest BCUT2D eigenvalue weighted by molar-refractivity contribution is 5.77. The lowest BCUT2D eigenvalue weighted by molar-refractivity contribution is -0.142. The second-order valence-corrected chi connectivity index (χ2v) is 5.64. The molecule has 2 fully saturated rings. The van der Waals surface area contributed by atoms with Crippen LogP contribution in [0.2, 0.25) is 0 Å². The number of hydrogen-bond donors (Lipinski definition) is 3. The topological polar surface area (TPSA) is 81.7 Å². The van der Waals surface area contributed by atoms with Crippen LogP contribution in [0, 0.1) is 11.8 Å². The molecule has 0 aromatic rings. The summed E-state index contributed by atoms with van der Waals surface area (Å²) in [6.07, 6.45) is 3.46. The summed E-state index contributed by atoms with van der Waals surface area (Å²) >= 11 is 0. The summed E-state index contributed by atoms with van der Waals surface area (Å²) in [7, 11) is 0. The van der Waals surface area contributed by atoms with E-state index in [-0.39, 0.29) is 11.9 Å². The van der Waals surface area contributed by atoms with Gasteiger partial charge < -0.3 is 20.6 Å². The van der Waals surface area contributed by atoms with E-state index in [0.717, 1.165) is 13.0 Å². The standard InChI is InChI=1S/C13H23N3O3/c1-9-7-16(8-11(9)12(17)18)13(19)15-6-2-5-14-10-3-4-10/h9-11,14H,2-8H2,1H3,(H,15,19)(H,17,18)/t9-,11-/m1/s1. The molecule has 0 unspecified atom stereocenters. The first-order valence-corrected chi connectivity index (χ1v) is 7.07. The molecule has 0 aromatic heterocycles. The van der Waals surface area contributed by atoms with Crippen molar-refractivity contribution in [3.63, 3.8) is 0 Å². The van der Waals surface area contributed by atoms with Gasteiger partial charge in [0.15, 0.2) is 0 Å². The van der Waals surface area contributed by atoms with Gasteiger partial charge in [0.2, 0.25) is 0 Å². The largest absolute Gasteiger partial charge is 0.481 e. The number of nitrogens with one attached hydrogen (secondary N) is 2. The monoisotopic (exact) mass is 269 g/mol. The summed E-state index contributed by atoms with van der Waals surface area (Å²) < 4.78 is 0. The van der Waals surface area contributed by atoms with Crippen molar-refractivity contribution < 1.29 is 14.7 Å². The highest BCUT2D eigenvalue weighted by atomic mass is 16.4. The molecular formula is C13H23N3O3. The summed E-state index contributed by atoms with van der Waals surface area (Å²) in [6, 6.07) is 0.563. The molecule has 19 heavy (non-hydrogen) atoms. The zero-order valence-electron chi connectivity index (χ0n) is 11.4. The van der Waals surface area contributed by atoms with Crippen molar-refractivity contribution in [2.75, 3.05) is 26.2 Å². The molecular weight excluding hydrogens is 246 g/mol. The number of nitrogens with zero attached hydrogens (tertiary/aromatic N) is 1. The Morgan fingerprint density at radius 2 is 2.00 bits per heavy atom. The molecule has 1 aliphatic heterocycles. The van der Waals surface area contributed by atoms with E-state index in [4.69, 9.17) is 5.11 Å². The van der Waals surface area contributed by atoms with Crippen LogP contribution in [0.25, 0.3) is 0 Å². The summed E-state index contributed by atoms with van der Waals surface area (Å²) in [5.41, 5.74) is 0. The number of carbonyl (C=O) groups is 2. The number of amides is 2. The van der Waals surface area contributed by atoms with Gasteiger partial charge in [0, 0.05) is 25.7 Å². The maximum absolute atomic E-state index is 11.9. The van der Waals surface area contributed by atoms with Crippen molar-refractivity contribution in [1.82, 2.24) is 15.5 Å². The van der Waals surface area contributed by atoms with Gasteiger partial charge in [-0.3, -0.25) is 4.79 Å². The predicted octanol–water partition coefficient (Wildman–Crippen LogP) is 0.491. The Morgan fingerprint density at radius 3 is 2.58 bits per heavy atom. The maximum atomic E-state index is 11.9. The fourth-order valence-electron chi connectivity index (χ4n) is 2.44. The molecule has 1 aliphatic carbocycles. The number of carboxylic acids is 1. The molecule has 2 atom stereocenters. The van der Waals surface area contributed by atoms with Gasteiger partial charge in [-0.15, -0.1) is 0 Å². The van der Waals surface area contributed by atoms with Crippen molar-refractivity contribution >= 4 is 12.0 Å². The zero-order chi connectivity index (χ0) is 13.8. The Bertz CT molecular complexity index is 344. The van der Waals surface area contributed by atoms with Crippen molar-refractivity contribution in [2.24, 2.45) is 11.8 Å². The summed E-state index contributed by atoms with van der Waals surface area (Å²) in [5, 5.41) is 15.3. The molecule has 108 valence electrons. The van der Waals surface area contributed by atoms with E-state index in [2.05, 4.69) is 10.6 Å². The van der Waals surface area contributed by atoms with Crippen molar-refractivity contribution in [1.29, 1.82) is 0 Å². The number of rotatable bonds is 6. The third kappa shape index (κ3) is 4.09. The Balaban J connectivity index is 1.61. The lowest BCUT2D eigenvalue weighted by Crippen LogP contribution is -2.40. The van der Waals surface area contributed by atoms with E-state index < -0.39 is 11.9 Å². The van der Waals surface area contributed by atoms with E-state index in [1.54, 1.807) is 4.90 Å². The number of hydrogen-bond acceptors (Lipinski definition) is 3. The van der Waals surface area contributed by atoms with Crippen molar-refractivity contribution in [3.8, 4) is 0 Å². The van der Waals surface area contributed by atoms with Crippen molar-refractivity contribution in [3.05, 3.63) is 0 Å². The molecule has 1 saturated heterocycles. The van der Waals surface area contributed by atoms with Crippen LogP contribution in [0.5, 0.6) is 0 Å². The van der Waals surface area contributed by atoms with Crippen LogP contribution < -0.4 is 10.6 Å². The minimum atomic E-state index is -0.809. The predicted molar refractivity (Wildman–Crippen MR) is 70.9 cm³/mol. The van der Waals surface area contributed by atoms with Crippen molar-refractivity contribution in [2.45, 2.75) is 32.2 Å². The first-order valence-electron chi connectivity index (χ1n) is 7.07. The molecule has 1 heterocycles. The van der Waals surface area contributed by atoms with Crippen LogP contribution in [-0.4, -0.2) is 54.2 Å². The first kappa shape index (κ1) is 14.1. The molecule has 6 nitrogen and oxygen atoms in total. The molecule has 3 N–H and O–H groups in total. The van der Waals surface area contributed by atoms with Crippen LogP contribution >= 0.6 is 0 Å². The van der Waals surface area contributed by atoms with Gasteiger partial charge in [-0.2, -0.15) is 0 Å². The van der Waals surface area contributed by atoms with Gasteiger partial charge in [-0.1, -0.05) is 6.92 Å². The normalized spacial score (nSPS) is 26.5. The average molecular weight is 269 g/mol. The average Bonchev–Trinajstić information content (AvgIpc) is 3.09. The number of likely N-dealkylation sites (tertiary alicyclic amines) is 1. The Kier molecular flexibility index (Phi) is 4.63. The van der Waals surface area contributed by atoms with Gasteiger partial charge in [0.1, 0.15) is 0 Å². The van der Waals surface area contributed by atoms with Crippen LogP contribution in [0.3, 0.4) is 0 Å². The van der Waals surface area contributed by atoms with Crippen LogP contribution in [-0.2, 0) is 4.79 Å². The first-order chi connectivity index (χ1) is 9.08. The lowest BCUT2D eigenvalue weighted by atomic mass is 9.99. The molecule has 1 saturated carbocycles. The minimum absolute atomic E-state index is 0.0276. The molecule has 0 spiro atoms. The summed E-state index contributed by atoms with van der Waals surface area (Å²) in [6.45, 7) is 4.30. The number of aliphatic carboxylic acids is 1. The molecule has 2 aliphatic rings. The van der Waals surface area contributed by atoms with Gasteiger partial charge in [0.25, 0.3) is 0 Å². The van der Waals surface area contributed by atoms with Crippen LogP contribution in [0.15, 0.2) is 0 Å². The smallest absolute Gasteiger partial charge is 0.317 e. The molecule has 0 aromatic carbocycles. The fraction of sp³-hybridized carbons (Fsp3) is 0.846. The lowest BCUT2D eigenvalue weighted by Gasteiger charge is -2.16. The summed E-state index contributed by atoms with van der Waals surface area (Å²) in [5.74, 6) is -1.21. The number of carboxylic acid groups (broad SMARTS) is 1. The molecule has 6 heteroatoms. The second-order valence-electron chi connectivity index (χ2n) is 5.64. The van der Waals surface area contributed by atoms with E-state index >= 15 is 0 Å². The van der Waals surface area contributed by atoms with Gasteiger partial charge >= 0.3 is 12.0 Å². The quantitative estimate of drug-likeness (QED) is 0.613. The maximum Gasteiger partial charge on any atom is 0.317 e. The molecule has 2 rings (SSSR count). The van der Waals surface area contributed by atoms with E-state index in [1.807, 2.05) is 6.92 Å². The zero-order valence-corrected chi connectivity index (χ0v) is 11.4. The highest BCUT2D eigenvalue weighted by Gasteiger charge is 2.36. The van der Waals surface area contributed by atoms with Gasteiger partial charge in [-0.25, -0.2) is 4.79 Å². The Labute approximate surface area is 113 Å². The fourth-order valence-corrected chi connectivity index (χ4v) is 2.44. The Hall–Kier alpha value is -1.30. The van der Waals surface area contributed by atoms with Gasteiger partial charge in [0.05, 0.1) is 5.92 Å². The highest BCUT2D eigenvalue weighted by Crippen LogP contribution is 2.23. The number of urea groups is 1. The van der Waals surface area contributed by atoms with E-state index in [0.29, 0.717) is 25.7 Å². The SMILES string of the molecule is C[C@@H]1CN(C(=O)NCCCNC2CC2)C[C@H]1C(=O)O. The van der Waals surface area contributed by atoms with E-state index in [1.165, 1.54) is 12.8 Å². The number of carbonyl (C=O) groups excluding carboxylic acids is 1. The van der Waals surface area contributed by atoms with E-state index in [9.17, 15) is 9.59 Å². The van der Waals surface area contributed by atoms with Crippen LogP contribution in [0.4, 0.5) is 4.79 Å². The minimum Gasteiger partial charge on any atom is -0.481 e. The van der Waals surface area contributed by atoms with Crippen LogP contribution in [0.1, 0.15) is 26.2 Å². The molecule has 0 bridgehead atoms. The molecule has 2 amide bonds. The Morgan fingerprint density at radius 1 is 1.26 bits per heavy atom. The summed E-state index contributed by atoms with van der Waals surface area (Å²) in [4.78, 5) is 24.5. The molecule has 0 radical (unpaired) electrons. The van der Waals surface area contributed by atoms with Gasteiger partial charge in [-0.05, 0) is 31.7 Å². The third-order valence-electron chi connectivity index (χ3n) is 3.86. The second kappa shape index (κ2) is 6.23. The third-order valence-corrected chi connectivity index (χ3v) is 3.86.